The molecule has 1 saturated heterocycles. The number of carbonyl (C=O) groups excluding carboxylic acids is 2. The molecule has 0 unspecified atom stereocenters. The fourth-order valence-electron chi connectivity index (χ4n) is 4.59. The fraction of sp³-hybridized carbons (Fsp3) is 0.333. The third-order valence-electron chi connectivity index (χ3n) is 6.07. The Morgan fingerprint density at radius 2 is 1.97 bits per heavy atom. The van der Waals surface area contributed by atoms with E-state index in [1.54, 1.807) is 23.4 Å². The maximum atomic E-state index is 12.8. The van der Waals surface area contributed by atoms with Crippen molar-refractivity contribution in [3.05, 3.63) is 53.9 Å². The molecule has 0 atom stereocenters. The van der Waals surface area contributed by atoms with Crippen molar-refractivity contribution in [2.45, 2.75) is 25.1 Å². The zero-order valence-electron chi connectivity index (χ0n) is 16.7. The Kier molecular flexibility index (Phi) is 4.57. The van der Waals surface area contributed by atoms with Gasteiger partial charge in [-0.15, -0.1) is 0 Å². The molecule has 3 N–H and O–H groups in total. The van der Waals surface area contributed by atoms with Crippen LogP contribution < -0.4 is 10.6 Å². The van der Waals surface area contributed by atoms with E-state index in [2.05, 4.69) is 25.8 Å². The number of nitrogens with one attached hydrogen (secondary N) is 3. The number of rotatable bonds is 3. The van der Waals surface area contributed by atoms with Crippen molar-refractivity contribution < 1.29 is 22.8 Å². The minimum atomic E-state index is -4.47. The Morgan fingerprint density at radius 3 is 2.72 bits per heavy atom. The fourth-order valence-corrected chi connectivity index (χ4v) is 4.59. The average molecular weight is 444 g/mol. The van der Waals surface area contributed by atoms with Crippen LogP contribution in [0.15, 0.2) is 42.7 Å². The normalized spacial score (nSPS) is 17.7. The average Bonchev–Trinajstić information content (AvgIpc) is 3.16. The van der Waals surface area contributed by atoms with Crippen LogP contribution in [0.1, 0.15) is 28.8 Å². The Balaban J connectivity index is 1.12. The molecule has 0 bridgehead atoms. The Labute approximate surface area is 180 Å². The van der Waals surface area contributed by atoms with Gasteiger partial charge in [-0.3, -0.25) is 9.89 Å². The van der Waals surface area contributed by atoms with Gasteiger partial charge in [-0.2, -0.15) is 18.3 Å². The number of hydrogen-bond donors (Lipinski definition) is 3. The number of H-pyrrole nitrogens is 1. The summed E-state index contributed by atoms with van der Waals surface area (Å²) in [6.07, 6.45) is 0.100. The molecule has 1 aliphatic carbocycles. The van der Waals surface area contributed by atoms with Crippen LogP contribution in [0.4, 0.5) is 23.7 Å². The van der Waals surface area contributed by atoms with Gasteiger partial charge < -0.3 is 15.5 Å². The van der Waals surface area contributed by atoms with Crippen LogP contribution in [0.3, 0.4) is 0 Å². The van der Waals surface area contributed by atoms with Crippen LogP contribution in [-0.4, -0.2) is 51.2 Å². The van der Waals surface area contributed by atoms with Gasteiger partial charge in [-0.05, 0) is 37.1 Å². The number of amides is 3. The molecule has 3 aromatic rings. The number of pyridine rings is 1. The van der Waals surface area contributed by atoms with E-state index in [1.165, 1.54) is 12.1 Å². The molecular formula is C21H19F3N6O2. The molecule has 5 rings (SSSR count). The summed E-state index contributed by atoms with van der Waals surface area (Å²) < 4.78 is 38.4. The molecule has 2 aromatic heterocycles. The number of anilines is 1. The lowest BCUT2D eigenvalue weighted by Crippen LogP contribution is -2.67. The molecule has 2 aliphatic rings. The first-order valence-corrected chi connectivity index (χ1v) is 10.0. The monoisotopic (exact) mass is 444 g/mol. The van der Waals surface area contributed by atoms with Gasteiger partial charge in [0.15, 0.2) is 5.65 Å². The van der Waals surface area contributed by atoms with E-state index in [4.69, 9.17) is 0 Å². The molecule has 32 heavy (non-hydrogen) atoms. The highest BCUT2D eigenvalue weighted by Gasteiger charge is 2.54. The minimum absolute atomic E-state index is 0.0215. The van der Waals surface area contributed by atoms with E-state index in [9.17, 15) is 22.8 Å². The largest absolute Gasteiger partial charge is 0.416 e. The van der Waals surface area contributed by atoms with Crippen molar-refractivity contribution in [3.63, 3.8) is 0 Å². The van der Waals surface area contributed by atoms with E-state index >= 15 is 0 Å². The molecule has 1 aromatic carbocycles. The standard InChI is InChI=1S/C21H19F3N6O2/c22-21(23,24)12-2-1-3-13(6-12)27-19(32)28-14-7-20(8-14)10-30(11-20)18(31)15-4-5-25-17-16(15)9-26-29-17/h1-6,9,14H,7-8,10-11H2,(H,25,26,29)(H2,27,28,32). The second-order valence-corrected chi connectivity index (χ2v) is 8.43. The van der Waals surface area contributed by atoms with Crippen molar-refractivity contribution in [2.24, 2.45) is 5.41 Å². The van der Waals surface area contributed by atoms with Crippen LogP contribution in [0.5, 0.6) is 0 Å². The molecular weight excluding hydrogens is 425 g/mol. The van der Waals surface area contributed by atoms with Crippen molar-refractivity contribution >= 4 is 28.7 Å². The molecule has 0 radical (unpaired) electrons. The maximum absolute atomic E-state index is 12.8. The second kappa shape index (κ2) is 7.21. The van der Waals surface area contributed by atoms with Gasteiger partial charge in [0.25, 0.3) is 5.91 Å². The Hall–Kier alpha value is -3.63. The first kappa shape index (κ1) is 20.3. The van der Waals surface area contributed by atoms with Crippen LogP contribution >= 0.6 is 0 Å². The van der Waals surface area contributed by atoms with Crippen LogP contribution in [-0.2, 0) is 6.18 Å². The van der Waals surface area contributed by atoms with Gasteiger partial charge in [0.1, 0.15) is 0 Å². The zero-order chi connectivity index (χ0) is 22.5. The van der Waals surface area contributed by atoms with Crippen molar-refractivity contribution in [2.75, 3.05) is 18.4 Å². The summed E-state index contributed by atoms with van der Waals surface area (Å²) in [4.78, 5) is 30.9. The van der Waals surface area contributed by atoms with Crippen LogP contribution in [0.2, 0.25) is 0 Å². The third kappa shape index (κ3) is 3.63. The minimum Gasteiger partial charge on any atom is -0.337 e. The molecule has 11 heteroatoms. The number of nitrogens with zero attached hydrogens (tertiary/aromatic N) is 3. The smallest absolute Gasteiger partial charge is 0.337 e. The number of carbonyl (C=O) groups is 2. The summed E-state index contributed by atoms with van der Waals surface area (Å²) in [5.74, 6) is -0.0804. The predicted molar refractivity (Wildman–Crippen MR) is 109 cm³/mol. The summed E-state index contributed by atoms with van der Waals surface area (Å²) in [5.41, 5.74) is 0.347. The lowest BCUT2D eigenvalue weighted by molar-refractivity contribution is -0.137. The Morgan fingerprint density at radius 1 is 1.19 bits per heavy atom. The van der Waals surface area contributed by atoms with Gasteiger partial charge in [0, 0.05) is 36.4 Å². The number of benzene rings is 1. The molecule has 166 valence electrons. The number of hydrogen-bond acceptors (Lipinski definition) is 4. The molecule has 3 heterocycles. The number of urea groups is 1. The number of likely N-dealkylation sites (tertiary alicyclic amines) is 1. The summed E-state index contributed by atoms with van der Waals surface area (Å²) in [6.45, 7) is 1.20. The van der Waals surface area contributed by atoms with Crippen LogP contribution in [0.25, 0.3) is 11.0 Å². The summed E-state index contributed by atoms with van der Waals surface area (Å²) in [6, 6.07) is 5.54. The third-order valence-corrected chi connectivity index (χ3v) is 6.07. The highest BCUT2D eigenvalue weighted by atomic mass is 19.4. The first-order valence-electron chi connectivity index (χ1n) is 10.0. The molecule has 2 fully saturated rings. The summed E-state index contributed by atoms with van der Waals surface area (Å²) >= 11 is 0. The highest BCUT2D eigenvalue weighted by molar-refractivity contribution is 6.05. The van der Waals surface area contributed by atoms with E-state index in [0.717, 1.165) is 12.1 Å². The van der Waals surface area contributed by atoms with Gasteiger partial charge in [-0.25, -0.2) is 9.78 Å². The lowest BCUT2D eigenvalue weighted by atomic mass is 9.60. The van der Waals surface area contributed by atoms with Gasteiger partial charge >= 0.3 is 12.2 Å². The van der Waals surface area contributed by atoms with Crippen LogP contribution in [0, 0.1) is 5.41 Å². The number of fused-ring (bicyclic) bond motifs is 1. The summed E-state index contributed by atoms with van der Waals surface area (Å²) in [7, 11) is 0. The van der Waals surface area contributed by atoms with Gasteiger partial charge in [0.05, 0.1) is 22.7 Å². The number of halogens is 3. The lowest BCUT2D eigenvalue weighted by Gasteiger charge is -2.59. The number of aromatic amines is 1. The summed E-state index contributed by atoms with van der Waals surface area (Å²) in [5, 5.41) is 12.6. The molecule has 3 amide bonds. The van der Waals surface area contributed by atoms with E-state index < -0.39 is 17.8 Å². The molecule has 1 spiro atoms. The highest BCUT2D eigenvalue weighted by Crippen LogP contribution is 2.48. The van der Waals surface area contributed by atoms with Crippen molar-refractivity contribution in [1.82, 2.24) is 25.4 Å². The predicted octanol–water partition coefficient (Wildman–Crippen LogP) is 3.40. The molecule has 1 saturated carbocycles. The maximum Gasteiger partial charge on any atom is 0.416 e. The van der Waals surface area contributed by atoms with Gasteiger partial charge in [0.2, 0.25) is 0 Å². The number of aromatic nitrogens is 3. The van der Waals surface area contributed by atoms with E-state index in [0.29, 0.717) is 42.5 Å². The molecule has 8 nitrogen and oxygen atoms in total. The zero-order valence-corrected chi connectivity index (χ0v) is 16.7. The second-order valence-electron chi connectivity index (χ2n) is 8.43. The van der Waals surface area contributed by atoms with Gasteiger partial charge in [-0.1, -0.05) is 6.07 Å². The van der Waals surface area contributed by atoms with E-state index in [-0.39, 0.29) is 23.1 Å². The van der Waals surface area contributed by atoms with E-state index in [1.807, 2.05) is 0 Å². The van der Waals surface area contributed by atoms with Crippen molar-refractivity contribution in [3.8, 4) is 0 Å². The number of alkyl halides is 3. The Bertz CT molecular complexity index is 1190. The topological polar surface area (TPSA) is 103 Å². The quantitative estimate of drug-likeness (QED) is 0.576. The molecule has 1 aliphatic heterocycles. The SMILES string of the molecule is O=C(Nc1cccc(C(F)(F)F)c1)NC1CC2(C1)CN(C(=O)c1ccnc3[nH]ncc13)C2. The first-order chi connectivity index (χ1) is 15.2. The van der Waals surface area contributed by atoms with Crippen molar-refractivity contribution in [1.29, 1.82) is 0 Å².